The van der Waals surface area contributed by atoms with Crippen LogP contribution in [0.5, 0.6) is 0 Å². The molecule has 10 rings (SSSR count). The van der Waals surface area contributed by atoms with Gasteiger partial charge in [0.1, 0.15) is 0 Å². The molecule has 0 bridgehead atoms. The third-order valence-electron chi connectivity index (χ3n) is 10.8. The summed E-state index contributed by atoms with van der Waals surface area (Å²) < 4.78 is 0. The number of fused-ring (bicyclic) bond motifs is 1. The summed E-state index contributed by atoms with van der Waals surface area (Å²) in [6.07, 6.45) is 0. The topological polar surface area (TPSA) is 41.9 Å². The van der Waals surface area contributed by atoms with Crippen molar-refractivity contribution in [2.75, 3.05) is 4.90 Å². The molecule has 0 amide bonds. The summed E-state index contributed by atoms with van der Waals surface area (Å²) in [5.74, 6) is 1.80. The van der Waals surface area contributed by atoms with E-state index in [0.29, 0.717) is 17.5 Å². The Balaban J connectivity index is 1.14. The van der Waals surface area contributed by atoms with E-state index in [9.17, 15) is 0 Å². The highest BCUT2D eigenvalue weighted by Gasteiger charge is 2.22. The molecule has 0 fully saturated rings. The molecule has 0 radical (unpaired) electrons. The first-order valence-electron chi connectivity index (χ1n) is 19.9. The summed E-state index contributed by atoms with van der Waals surface area (Å²) in [6.45, 7) is 0. The van der Waals surface area contributed by atoms with Gasteiger partial charge in [-0.15, -0.1) is 0 Å². The lowest BCUT2D eigenvalue weighted by Crippen LogP contribution is -2.13. The van der Waals surface area contributed by atoms with E-state index in [1.807, 2.05) is 6.07 Å². The highest BCUT2D eigenvalue weighted by molar-refractivity contribution is 5.97. The van der Waals surface area contributed by atoms with Crippen molar-refractivity contribution in [2.24, 2.45) is 0 Å². The molecule has 0 saturated carbocycles. The second kappa shape index (κ2) is 15.9. The average Bonchev–Trinajstić information content (AvgIpc) is 3.33. The van der Waals surface area contributed by atoms with Gasteiger partial charge in [-0.3, -0.25) is 0 Å². The maximum Gasteiger partial charge on any atom is 0.166 e. The molecule has 59 heavy (non-hydrogen) atoms. The highest BCUT2D eigenvalue weighted by atomic mass is 15.2. The first kappa shape index (κ1) is 35.5. The summed E-state index contributed by atoms with van der Waals surface area (Å²) in [6, 6.07) is 80.5. The minimum atomic E-state index is 0.587. The fourth-order valence-corrected chi connectivity index (χ4v) is 7.85. The van der Waals surface area contributed by atoms with Crippen molar-refractivity contribution in [1.29, 1.82) is 0 Å². The number of para-hydroxylation sites is 3. The SMILES string of the molecule is c1ccc(-c2ccc(-c3nc(-c4ccc(-c5cccc6ccccc56)cc4)nc(-c4ccccc4N(c4ccccc4)c4ccccc4-c4ccccc4)n3)cc2)cc1. The summed E-state index contributed by atoms with van der Waals surface area (Å²) in [5.41, 5.74) is 12.6. The van der Waals surface area contributed by atoms with Crippen molar-refractivity contribution < 1.29 is 0 Å². The summed E-state index contributed by atoms with van der Waals surface area (Å²) in [5, 5.41) is 2.44. The van der Waals surface area contributed by atoms with Gasteiger partial charge in [0.15, 0.2) is 17.5 Å². The standard InChI is InChI=1S/C55H38N4/c1-4-17-39(18-5-1)40-31-35-44(36-32-40)53-56-54(45-37-33-43(34-38-45)48-28-16-22-41-21-10-11-25-47(41)48)58-55(57-53)50-27-13-15-30-52(50)59(46-23-8-3-9-24-46)51-29-14-12-26-49(51)42-19-6-2-7-20-42/h1-38H. The number of anilines is 3. The van der Waals surface area contributed by atoms with Crippen LogP contribution in [-0.2, 0) is 0 Å². The lowest BCUT2D eigenvalue weighted by molar-refractivity contribution is 1.07. The van der Waals surface area contributed by atoms with Crippen LogP contribution in [0.2, 0.25) is 0 Å². The van der Waals surface area contributed by atoms with Crippen molar-refractivity contribution in [2.45, 2.75) is 0 Å². The zero-order valence-corrected chi connectivity index (χ0v) is 32.2. The molecule has 0 saturated heterocycles. The quantitative estimate of drug-likeness (QED) is 0.147. The van der Waals surface area contributed by atoms with Crippen molar-refractivity contribution in [3.63, 3.8) is 0 Å². The van der Waals surface area contributed by atoms with Gasteiger partial charge in [0.05, 0.1) is 11.4 Å². The third kappa shape index (κ3) is 7.16. The van der Waals surface area contributed by atoms with Crippen LogP contribution in [0.1, 0.15) is 0 Å². The van der Waals surface area contributed by atoms with Crippen LogP contribution in [0, 0.1) is 0 Å². The summed E-state index contributed by atoms with van der Waals surface area (Å²) >= 11 is 0. The van der Waals surface area contributed by atoms with Gasteiger partial charge in [-0.25, -0.2) is 15.0 Å². The number of hydrogen-bond acceptors (Lipinski definition) is 4. The van der Waals surface area contributed by atoms with Gasteiger partial charge in [-0.2, -0.15) is 0 Å². The molecule has 1 heterocycles. The van der Waals surface area contributed by atoms with Gasteiger partial charge in [0, 0.05) is 27.9 Å². The van der Waals surface area contributed by atoms with Crippen LogP contribution in [0.25, 0.3) is 78.3 Å². The summed E-state index contributed by atoms with van der Waals surface area (Å²) in [4.78, 5) is 18.0. The Labute approximate surface area is 344 Å². The van der Waals surface area contributed by atoms with E-state index in [2.05, 4.69) is 229 Å². The smallest absolute Gasteiger partial charge is 0.166 e. The molecule has 1 aromatic heterocycles. The Kier molecular flexibility index (Phi) is 9.55. The average molecular weight is 755 g/mol. The van der Waals surface area contributed by atoms with Crippen LogP contribution < -0.4 is 4.90 Å². The Morgan fingerprint density at radius 1 is 0.254 bits per heavy atom. The molecule has 4 heteroatoms. The zero-order chi connectivity index (χ0) is 39.4. The molecule has 0 aliphatic heterocycles. The highest BCUT2D eigenvalue weighted by Crippen LogP contribution is 2.44. The largest absolute Gasteiger partial charge is 0.309 e. The molecule has 0 N–H and O–H groups in total. The maximum absolute atomic E-state index is 5.28. The number of nitrogens with zero attached hydrogens (tertiary/aromatic N) is 4. The second-order valence-electron chi connectivity index (χ2n) is 14.4. The molecular formula is C55H38N4. The van der Waals surface area contributed by atoms with E-state index in [1.54, 1.807) is 0 Å². The molecule has 4 nitrogen and oxygen atoms in total. The van der Waals surface area contributed by atoms with Gasteiger partial charge in [0.2, 0.25) is 0 Å². The predicted molar refractivity (Wildman–Crippen MR) is 245 cm³/mol. The maximum atomic E-state index is 5.28. The van der Waals surface area contributed by atoms with E-state index < -0.39 is 0 Å². The Hall–Kier alpha value is -7.95. The van der Waals surface area contributed by atoms with Crippen LogP contribution in [-0.4, -0.2) is 15.0 Å². The molecular weight excluding hydrogens is 717 g/mol. The molecule has 0 aliphatic rings. The van der Waals surface area contributed by atoms with Gasteiger partial charge < -0.3 is 4.90 Å². The Morgan fingerprint density at radius 3 is 1.32 bits per heavy atom. The second-order valence-corrected chi connectivity index (χ2v) is 14.4. The molecule has 0 aliphatic carbocycles. The van der Waals surface area contributed by atoms with E-state index >= 15 is 0 Å². The van der Waals surface area contributed by atoms with E-state index in [1.165, 1.54) is 16.3 Å². The van der Waals surface area contributed by atoms with Gasteiger partial charge in [0.25, 0.3) is 0 Å². The van der Waals surface area contributed by atoms with E-state index in [-0.39, 0.29) is 0 Å². The number of rotatable bonds is 9. The summed E-state index contributed by atoms with van der Waals surface area (Å²) in [7, 11) is 0. The zero-order valence-electron chi connectivity index (χ0n) is 32.2. The molecule has 0 unspecified atom stereocenters. The van der Waals surface area contributed by atoms with Crippen LogP contribution >= 0.6 is 0 Å². The number of benzene rings is 9. The van der Waals surface area contributed by atoms with Crippen molar-refractivity contribution in [1.82, 2.24) is 15.0 Å². The minimum Gasteiger partial charge on any atom is -0.309 e. The van der Waals surface area contributed by atoms with Crippen LogP contribution in [0.3, 0.4) is 0 Å². The fraction of sp³-hybridized carbons (Fsp3) is 0. The van der Waals surface area contributed by atoms with E-state index in [0.717, 1.165) is 61.6 Å². The first-order valence-corrected chi connectivity index (χ1v) is 19.9. The number of hydrogen-bond donors (Lipinski definition) is 0. The molecule has 0 spiro atoms. The van der Waals surface area contributed by atoms with Crippen molar-refractivity contribution in [3.8, 4) is 67.5 Å². The fourth-order valence-electron chi connectivity index (χ4n) is 7.85. The third-order valence-corrected chi connectivity index (χ3v) is 10.8. The lowest BCUT2D eigenvalue weighted by atomic mass is 9.97. The molecule has 278 valence electrons. The molecule has 9 aromatic carbocycles. The van der Waals surface area contributed by atoms with Gasteiger partial charge in [-0.1, -0.05) is 200 Å². The predicted octanol–water partition coefficient (Wildman–Crippen LogP) is 14.5. The van der Waals surface area contributed by atoms with Gasteiger partial charge in [-0.05, 0) is 68.9 Å². The minimum absolute atomic E-state index is 0.587. The number of aromatic nitrogens is 3. The van der Waals surface area contributed by atoms with Crippen molar-refractivity contribution >= 4 is 27.8 Å². The van der Waals surface area contributed by atoms with Crippen molar-refractivity contribution in [3.05, 3.63) is 231 Å². The normalized spacial score (nSPS) is 11.1. The Morgan fingerprint density at radius 2 is 0.661 bits per heavy atom. The lowest BCUT2D eigenvalue weighted by Gasteiger charge is -2.29. The molecule has 10 aromatic rings. The Bertz CT molecular complexity index is 3010. The van der Waals surface area contributed by atoms with E-state index in [4.69, 9.17) is 15.0 Å². The monoisotopic (exact) mass is 754 g/mol. The molecule has 0 atom stereocenters. The first-order chi connectivity index (χ1) is 29.3. The van der Waals surface area contributed by atoms with Crippen LogP contribution in [0.15, 0.2) is 231 Å². The van der Waals surface area contributed by atoms with Gasteiger partial charge >= 0.3 is 0 Å². The van der Waals surface area contributed by atoms with Crippen LogP contribution in [0.4, 0.5) is 17.1 Å².